The Balaban J connectivity index is 2.44. The maximum atomic E-state index is 12.4. The van der Waals surface area contributed by atoms with E-state index in [0.29, 0.717) is 10.8 Å². The van der Waals surface area contributed by atoms with E-state index in [9.17, 15) is 13.2 Å². The molecule has 112 valence electrons. The lowest BCUT2D eigenvalue weighted by atomic mass is 10.2. The van der Waals surface area contributed by atoms with Crippen molar-refractivity contribution < 1.29 is 23.4 Å². The van der Waals surface area contributed by atoms with Crippen LogP contribution in [0, 0.1) is 0 Å². The van der Waals surface area contributed by atoms with Crippen molar-refractivity contribution in [1.82, 2.24) is 9.71 Å². The van der Waals surface area contributed by atoms with Crippen molar-refractivity contribution in [1.29, 1.82) is 0 Å². The molecule has 0 aliphatic carbocycles. The van der Waals surface area contributed by atoms with Gasteiger partial charge in [-0.15, -0.1) is 0 Å². The number of hydrogen-bond acceptors (Lipinski definition) is 5. The fraction of sp³-hybridized carbons (Fsp3) is 0.231. The van der Waals surface area contributed by atoms with Crippen molar-refractivity contribution >= 4 is 26.8 Å². The van der Waals surface area contributed by atoms with Crippen molar-refractivity contribution in [2.45, 2.75) is 17.4 Å². The Morgan fingerprint density at radius 2 is 2.10 bits per heavy atom. The molecule has 1 aromatic carbocycles. The second-order valence-corrected chi connectivity index (χ2v) is 6.06. The molecule has 2 aromatic rings. The summed E-state index contributed by atoms with van der Waals surface area (Å²) >= 11 is 0. The smallest absolute Gasteiger partial charge is 0.321 e. The number of nitrogens with zero attached hydrogens (tertiary/aromatic N) is 1. The van der Waals surface area contributed by atoms with Gasteiger partial charge in [0.25, 0.3) is 0 Å². The van der Waals surface area contributed by atoms with Gasteiger partial charge in [0.05, 0.1) is 4.90 Å². The first kappa shape index (κ1) is 15.4. The Bertz CT molecular complexity index is 755. The Morgan fingerprint density at radius 1 is 1.33 bits per heavy atom. The van der Waals surface area contributed by atoms with Gasteiger partial charge < -0.3 is 10.2 Å². The number of aromatic nitrogens is 1. The summed E-state index contributed by atoms with van der Waals surface area (Å²) in [6.07, 6.45) is 2.78. The molecule has 8 heteroatoms. The number of pyridine rings is 1. The van der Waals surface area contributed by atoms with Crippen LogP contribution >= 0.6 is 0 Å². The number of sulfonamides is 1. The van der Waals surface area contributed by atoms with Crippen LogP contribution in [-0.2, 0) is 14.8 Å². The van der Waals surface area contributed by atoms with E-state index in [1.54, 1.807) is 18.2 Å². The molecule has 0 aliphatic heterocycles. The normalized spacial score (nSPS) is 13.2. The summed E-state index contributed by atoms with van der Waals surface area (Å²) in [6, 6.07) is 4.83. The summed E-state index contributed by atoms with van der Waals surface area (Å²) in [4.78, 5) is 14.9. The van der Waals surface area contributed by atoms with Crippen LogP contribution in [0.3, 0.4) is 0 Å². The number of hydrogen-bond donors (Lipinski definition) is 3. The quantitative estimate of drug-likeness (QED) is 0.709. The van der Waals surface area contributed by atoms with Gasteiger partial charge in [-0.1, -0.05) is 12.1 Å². The molecule has 0 saturated carbocycles. The van der Waals surface area contributed by atoms with E-state index in [-0.39, 0.29) is 11.3 Å². The molecule has 3 N–H and O–H groups in total. The molecule has 0 radical (unpaired) electrons. The number of carbonyl (C=O) groups is 1. The molecular weight excluding hydrogens is 296 g/mol. The summed E-state index contributed by atoms with van der Waals surface area (Å²) in [6.45, 7) is -0.432. The third-order valence-corrected chi connectivity index (χ3v) is 4.47. The zero-order valence-corrected chi connectivity index (χ0v) is 11.7. The number of fused-ring (bicyclic) bond motifs is 1. The van der Waals surface area contributed by atoms with Crippen LogP contribution in [0.2, 0.25) is 0 Å². The van der Waals surface area contributed by atoms with E-state index in [4.69, 9.17) is 10.2 Å². The highest BCUT2D eigenvalue weighted by Crippen LogP contribution is 2.22. The van der Waals surface area contributed by atoms with Gasteiger partial charge in [-0.2, -0.15) is 4.72 Å². The van der Waals surface area contributed by atoms with Gasteiger partial charge in [-0.3, -0.25) is 9.78 Å². The number of aliphatic hydroxyl groups excluding tert-OH is 1. The molecule has 0 bridgehead atoms. The fourth-order valence-corrected chi connectivity index (χ4v) is 3.39. The molecule has 7 nitrogen and oxygen atoms in total. The van der Waals surface area contributed by atoms with Crippen molar-refractivity contribution in [2.75, 3.05) is 6.61 Å². The molecule has 21 heavy (non-hydrogen) atoms. The lowest BCUT2D eigenvalue weighted by molar-refractivity contribution is -0.139. The number of aliphatic carboxylic acids is 1. The van der Waals surface area contributed by atoms with Crippen LogP contribution in [0.5, 0.6) is 0 Å². The van der Waals surface area contributed by atoms with Crippen LogP contribution in [0.4, 0.5) is 0 Å². The summed E-state index contributed by atoms with van der Waals surface area (Å²) < 4.78 is 26.8. The molecule has 0 spiro atoms. The van der Waals surface area contributed by atoms with E-state index in [0.717, 1.165) is 0 Å². The second-order valence-electron chi connectivity index (χ2n) is 4.38. The van der Waals surface area contributed by atoms with Crippen molar-refractivity contribution in [3.63, 3.8) is 0 Å². The Hall–Kier alpha value is -2.03. The van der Waals surface area contributed by atoms with E-state index >= 15 is 0 Å². The molecule has 0 fully saturated rings. The number of benzene rings is 1. The summed E-state index contributed by atoms with van der Waals surface area (Å²) in [5.41, 5.74) is 0. The maximum Gasteiger partial charge on any atom is 0.321 e. The molecule has 1 heterocycles. The first-order chi connectivity index (χ1) is 9.95. The third-order valence-electron chi connectivity index (χ3n) is 2.94. The van der Waals surface area contributed by atoms with E-state index in [1.165, 1.54) is 18.5 Å². The monoisotopic (exact) mass is 310 g/mol. The Labute approximate surface area is 121 Å². The lowest BCUT2D eigenvalue weighted by Gasteiger charge is -2.14. The second kappa shape index (κ2) is 6.17. The number of nitrogens with one attached hydrogen (secondary N) is 1. The SMILES string of the molecule is O=C(O)[C@@H](CCO)NS(=O)(=O)c1cccc2cnccc12. The standard InChI is InChI=1S/C13H14N2O5S/c16-7-5-11(13(17)18)15-21(19,20)12-3-1-2-9-8-14-6-4-10(9)12/h1-4,6,8,11,15-16H,5,7H2,(H,17,18)/t11-/m1/s1. The molecule has 0 unspecified atom stereocenters. The first-order valence-electron chi connectivity index (χ1n) is 6.14. The van der Waals surface area contributed by atoms with Gasteiger partial charge in [0.15, 0.2) is 0 Å². The van der Waals surface area contributed by atoms with Crippen LogP contribution in [-0.4, -0.2) is 42.2 Å². The highest BCUT2D eigenvalue weighted by atomic mass is 32.2. The first-order valence-corrected chi connectivity index (χ1v) is 7.63. The highest BCUT2D eigenvalue weighted by molar-refractivity contribution is 7.89. The van der Waals surface area contributed by atoms with Gasteiger partial charge in [-0.05, 0) is 18.6 Å². The third kappa shape index (κ3) is 3.35. The minimum atomic E-state index is -4.02. The van der Waals surface area contributed by atoms with Gasteiger partial charge in [0.2, 0.25) is 10.0 Å². The summed E-state index contributed by atoms with van der Waals surface area (Å²) in [5, 5.41) is 18.9. The average Bonchev–Trinajstić information content (AvgIpc) is 2.46. The van der Waals surface area contributed by atoms with Gasteiger partial charge in [0.1, 0.15) is 6.04 Å². The lowest BCUT2D eigenvalue weighted by Crippen LogP contribution is -2.41. The maximum absolute atomic E-state index is 12.4. The van der Waals surface area contributed by atoms with Gasteiger partial charge in [-0.25, -0.2) is 8.42 Å². The van der Waals surface area contributed by atoms with E-state index in [1.807, 2.05) is 0 Å². The molecule has 0 saturated heterocycles. The largest absolute Gasteiger partial charge is 0.480 e. The molecule has 0 amide bonds. The number of carboxylic acid groups (broad SMARTS) is 1. The number of rotatable bonds is 6. The molecule has 1 aromatic heterocycles. The van der Waals surface area contributed by atoms with Gasteiger partial charge in [0, 0.05) is 29.8 Å². The molecule has 1 atom stereocenters. The highest BCUT2D eigenvalue weighted by Gasteiger charge is 2.26. The van der Waals surface area contributed by atoms with Crippen molar-refractivity contribution in [3.05, 3.63) is 36.7 Å². The van der Waals surface area contributed by atoms with Crippen LogP contribution in [0.25, 0.3) is 10.8 Å². The minimum Gasteiger partial charge on any atom is -0.480 e. The topological polar surface area (TPSA) is 117 Å². The zero-order chi connectivity index (χ0) is 15.5. The van der Waals surface area contributed by atoms with E-state index in [2.05, 4.69) is 9.71 Å². The van der Waals surface area contributed by atoms with Crippen LogP contribution < -0.4 is 4.72 Å². The van der Waals surface area contributed by atoms with Gasteiger partial charge >= 0.3 is 5.97 Å². The molecular formula is C13H14N2O5S. The molecule has 0 aliphatic rings. The molecule has 2 rings (SSSR count). The van der Waals surface area contributed by atoms with Crippen molar-refractivity contribution in [3.8, 4) is 0 Å². The minimum absolute atomic E-state index is 0.0217. The Kier molecular flexibility index (Phi) is 4.51. The predicted octanol–water partition coefficient (Wildman–Crippen LogP) is 0.349. The summed E-state index contributed by atoms with van der Waals surface area (Å²) in [5.74, 6) is -1.34. The van der Waals surface area contributed by atoms with Crippen LogP contribution in [0.15, 0.2) is 41.6 Å². The van der Waals surface area contributed by atoms with Crippen molar-refractivity contribution in [2.24, 2.45) is 0 Å². The predicted molar refractivity (Wildman–Crippen MR) is 75.2 cm³/mol. The number of aliphatic hydroxyl groups is 1. The fourth-order valence-electron chi connectivity index (χ4n) is 1.94. The van der Waals surface area contributed by atoms with E-state index < -0.39 is 28.6 Å². The Morgan fingerprint density at radius 3 is 2.76 bits per heavy atom. The van der Waals surface area contributed by atoms with Crippen LogP contribution in [0.1, 0.15) is 6.42 Å². The zero-order valence-electron chi connectivity index (χ0n) is 10.9. The average molecular weight is 310 g/mol. The number of carboxylic acids is 1. The summed E-state index contributed by atoms with van der Waals surface area (Å²) in [7, 11) is -4.02.